The van der Waals surface area contributed by atoms with E-state index < -0.39 is 16.5 Å². The van der Waals surface area contributed by atoms with E-state index in [2.05, 4.69) is 50.4 Å². The smallest absolute Gasteiger partial charge is 0.246 e. The van der Waals surface area contributed by atoms with Gasteiger partial charge in [-0.15, -0.1) is 0 Å². The van der Waals surface area contributed by atoms with E-state index in [1.807, 2.05) is 0 Å². The highest BCUT2D eigenvalue weighted by atomic mass is 28.4. The summed E-state index contributed by atoms with van der Waals surface area (Å²) in [5.74, 6) is 0.0820. The van der Waals surface area contributed by atoms with E-state index in [0.29, 0.717) is 0 Å². The highest BCUT2D eigenvalue weighted by molar-refractivity contribution is 6.89. The molecular weight excluding hydrogens is 256 g/mol. The predicted molar refractivity (Wildman–Crippen MR) is 85.8 cm³/mol. The Hall–Kier alpha value is -0.396. The first-order chi connectivity index (χ1) is 7.85. The summed E-state index contributed by atoms with van der Waals surface area (Å²) in [5.41, 5.74) is 1.17. The fourth-order valence-electron chi connectivity index (χ4n) is 2.12. The third-order valence-corrected chi connectivity index (χ3v) is 10.4. The Kier molecular flexibility index (Phi) is 6.03. The van der Waals surface area contributed by atoms with Crippen molar-refractivity contribution in [3.05, 3.63) is 11.6 Å². The molecule has 0 bridgehead atoms. The molecule has 0 saturated heterocycles. The molecule has 0 aromatic heterocycles. The van der Waals surface area contributed by atoms with Gasteiger partial charge in [-0.05, 0) is 6.92 Å². The minimum absolute atomic E-state index is 0.0820. The van der Waals surface area contributed by atoms with Gasteiger partial charge in [-0.1, -0.05) is 44.9 Å². The van der Waals surface area contributed by atoms with Crippen LogP contribution in [0.1, 0.15) is 6.92 Å². The van der Waals surface area contributed by atoms with Gasteiger partial charge in [0.25, 0.3) is 0 Å². The van der Waals surface area contributed by atoms with Crippen LogP contribution in [0.5, 0.6) is 0 Å². The zero-order valence-corrected chi connectivity index (χ0v) is 15.6. The van der Waals surface area contributed by atoms with Crippen LogP contribution in [-0.2, 0) is 4.79 Å². The molecule has 106 valence electrons. The summed E-state index contributed by atoms with van der Waals surface area (Å²) < 4.78 is 2.69. The number of carbonyl (C=O) groups is 1. The topological polar surface area (TPSA) is 23.6 Å². The van der Waals surface area contributed by atoms with Crippen molar-refractivity contribution in [3.8, 4) is 0 Å². The van der Waals surface area contributed by atoms with Crippen LogP contribution in [0.25, 0.3) is 0 Å². The Morgan fingerprint density at radius 1 is 1.00 bits per heavy atom. The van der Waals surface area contributed by atoms with Gasteiger partial charge in [0.05, 0.1) is 0 Å². The average molecular weight is 287 g/mol. The molecule has 0 saturated carbocycles. The van der Waals surface area contributed by atoms with Crippen LogP contribution < -0.4 is 0 Å². The largest absolute Gasteiger partial charge is 0.345 e. The van der Waals surface area contributed by atoms with E-state index in [4.69, 9.17) is 0 Å². The molecule has 0 radical (unpaired) electrons. The molecule has 0 aromatic rings. The van der Waals surface area contributed by atoms with Crippen molar-refractivity contribution in [1.82, 2.24) is 9.13 Å². The Labute approximate surface area is 115 Å². The fourth-order valence-corrected chi connectivity index (χ4v) is 11.6. The van der Waals surface area contributed by atoms with Crippen LogP contribution in [0, 0.1) is 0 Å². The number of hydrogen-bond acceptors (Lipinski definition) is 2. The second-order valence-electron chi connectivity index (χ2n) is 7.15. The molecule has 0 atom stereocenters. The first kappa shape index (κ1) is 17.6. The van der Waals surface area contributed by atoms with Gasteiger partial charge in [-0.25, -0.2) is 0 Å². The lowest BCUT2D eigenvalue weighted by Crippen LogP contribution is -2.59. The zero-order chi connectivity index (χ0) is 14.7. The van der Waals surface area contributed by atoms with Crippen LogP contribution in [0.4, 0.5) is 0 Å². The minimum atomic E-state index is -1.33. The quantitative estimate of drug-likeness (QED) is 0.573. The second kappa shape index (κ2) is 6.17. The summed E-state index contributed by atoms with van der Waals surface area (Å²) in [4.78, 5) is 13.3. The molecule has 0 fully saturated rings. The first-order valence-corrected chi connectivity index (χ1v) is 13.4. The van der Waals surface area contributed by atoms with Crippen molar-refractivity contribution in [3.63, 3.8) is 0 Å². The number of hydrogen-bond donors (Lipinski definition) is 0. The van der Waals surface area contributed by atoms with Gasteiger partial charge in [-0.3, -0.25) is 4.79 Å². The molecule has 18 heavy (non-hydrogen) atoms. The lowest BCUT2D eigenvalue weighted by molar-refractivity contribution is -0.123. The third kappa shape index (κ3) is 5.97. The van der Waals surface area contributed by atoms with Crippen LogP contribution in [0.2, 0.25) is 39.3 Å². The molecule has 0 rings (SSSR count). The van der Waals surface area contributed by atoms with Crippen molar-refractivity contribution >= 4 is 22.4 Å². The van der Waals surface area contributed by atoms with Crippen molar-refractivity contribution < 1.29 is 4.79 Å². The van der Waals surface area contributed by atoms with Crippen molar-refractivity contribution in [2.45, 2.75) is 46.2 Å². The van der Waals surface area contributed by atoms with Crippen molar-refractivity contribution in [2.75, 3.05) is 20.6 Å². The molecule has 0 N–H and O–H groups in total. The second-order valence-corrected chi connectivity index (χ2v) is 17.4. The normalized spacial score (nSPS) is 14.0. The number of amides is 1. The van der Waals surface area contributed by atoms with E-state index >= 15 is 0 Å². The van der Waals surface area contributed by atoms with E-state index in [1.54, 1.807) is 25.1 Å². The molecular formula is C13H30N2OSi2. The Morgan fingerprint density at radius 2 is 1.39 bits per heavy atom. The summed E-state index contributed by atoms with van der Waals surface area (Å²) in [6, 6.07) is 0. The Bertz CT molecular complexity index is 311. The molecule has 0 aliphatic carbocycles. The molecule has 0 spiro atoms. The van der Waals surface area contributed by atoms with Gasteiger partial charge in [0.15, 0.2) is 0 Å². The molecule has 3 nitrogen and oxygen atoms in total. The standard InChI is InChI=1S/C13H30N2OSi2/c1-12(10-13(16)14(2)3)11-15(17(4,5)6)18(7,8)9/h10H,11H2,1-9H3/b12-10-. The zero-order valence-electron chi connectivity index (χ0n) is 13.6. The summed E-state index contributed by atoms with van der Waals surface area (Å²) in [6.45, 7) is 17.3. The number of rotatable bonds is 5. The van der Waals surface area contributed by atoms with E-state index in [9.17, 15) is 4.79 Å². The monoisotopic (exact) mass is 286 g/mol. The lowest BCUT2D eigenvalue weighted by Gasteiger charge is -2.43. The highest BCUT2D eigenvalue weighted by Crippen LogP contribution is 2.21. The molecule has 0 unspecified atom stereocenters. The van der Waals surface area contributed by atoms with Gasteiger partial charge in [-0.2, -0.15) is 0 Å². The van der Waals surface area contributed by atoms with E-state index in [0.717, 1.165) is 6.54 Å². The fraction of sp³-hybridized carbons (Fsp3) is 0.769. The Morgan fingerprint density at radius 3 is 1.67 bits per heavy atom. The summed E-state index contributed by atoms with van der Waals surface area (Å²) in [5, 5.41) is 0. The van der Waals surface area contributed by atoms with Gasteiger partial charge >= 0.3 is 0 Å². The molecule has 0 aromatic carbocycles. The summed E-state index contributed by atoms with van der Waals surface area (Å²) in [6.07, 6.45) is 1.77. The summed E-state index contributed by atoms with van der Waals surface area (Å²) in [7, 11) is 0.918. The third-order valence-electron chi connectivity index (χ3n) is 2.84. The van der Waals surface area contributed by atoms with Gasteiger partial charge in [0, 0.05) is 26.7 Å². The van der Waals surface area contributed by atoms with Crippen molar-refractivity contribution in [1.29, 1.82) is 0 Å². The van der Waals surface area contributed by atoms with Crippen LogP contribution >= 0.6 is 0 Å². The predicted octanol–water partition coefficient (Wildman–Crippen LogP) is 2.99. The van der Waals surface area contributed by atoms with Crippen molar-refractivity contribution in [2.24, 2.45) is 0 Å². The maximum atomic E-state index is 11.7. The van der Waals surface area contributed by atoms with Crippen LogP contribution in [-0.4, -0.2) is 52.1 Å². The number of carbonyl (C=O) groups excluding carboxylic acids is 1. The Balaban J connectivity index is 4.98. The minimum Gasteiger partial charge on any atom is -0.345 e. The van der Waals surface area contributed by atoms with Crippen LogP contribution in [0.3, 0.4) is 0 Å². The number of likely N-dealkylation sites (N-methyl/N-ethyl adjacent to an activating group) is 1. The number of nitrogens with zero attached hydrogens (tertiary/aromatic N) is 2. The van der Waals surface area contributed by atoms with Gasteiger partial charge in [0.1, 0.15) is 16.5 Å². The SMILES string of the molecule is C/C(=C/C(=O)N(C)C)CN([Si](C)(C)C)[Si](C)(C)C. The molecule has 5 heteroatoms. The van der Waals surface area contributed by atoms with Gasteiger partial charge < -0.3 is 9.13 Å². The molecule has 0 aliphatic heterocycles. The van der Waals surface area contributed by atoms with E-state index in [-0.39, 0.29) is 5.91 Å². The van der Waals surface area contributed by atoms with Crippen LogP contribution in [0.15, 0.2) is 11.6 Å². The maximum absolute atomic E-state index is 11.7. The summed E-state index contributed by atoms with van der Waals surface area (Å²) >= 11 is 0. The molecule has 1 amide bonds. The van der Waals surface area contributed by atoms with Gasteiger partial charge in [0.2, 0.25) is 5.91 Å². The highest BCUT2D eigenvalue weighted by Gasteiger charge is 2.34. The maximum Gasteiger partial charge on any atom is 0.246 e. The first-order valence-electron chi connectivity index (χ1n) is 6.52. The molecule has 0 heterocycles. The molecule has 0 aliphatic rings. The average Bonchev–Trinajstić information content (AvgIpc) is 2.10. The lowest BCUT2D eigenvalue weighted by atomic mass is 10.3. The van der Waals surface area contributed by atoms with E-state index in [1.165, 1.54) is 5.57 Å².